The summed E-state index contributed by atoms with van der Waals surface area (Å²) < 4.78 is 5.59. The molecule has 5 nitrogen and oxygen atoms in total. The Morgan fingerprint density at radius 2 is 2.50 bits per heavy atom. The Labute approximate surface area is 97.8 Å². The summed E-state index contributed by atoms with van der Waals surface area (Å²) in [6, 6.07) is 1.28. The molecule has 1 atom stereocenters. The molecule has 0 saturated carbocycles. The predicted octanol–water partition coefficient (Wildman–Crippen LogP) is 1.01. The van der Waals surface area contributed by atoms with Crippen molar-refractivity contribution in [3.05, 3.63) is 16.4 Å². The van der Waals surface area contributed by atoms with E-state index >= 15 is 0 Å². The molecule has 1 fully saturated rings. The van der Waals surface area contributed by atoms with Crippen LogP contribution in [0.3, 0.4) is 0 Å². The van der Waals surface area contributed by atoms with Crippen LogP contribution in [-0.2, 0) is 4.74 Å². The van der Waals surface area contributed by atoms with Gasteiger partial charge in [0.2, 0.25) is 0 Å². The first-order valence-electron chi connectivity index (χ1n) is 5.35. The third kappa shape index (κ3) is 3.24. The summed E-state index contributed by atoms with van der Waals surface area (Å²) in [6.45, 7) is 0.839. The fraction of sp³-hybridized carbons (Fsp3) is 0.600. The number of ether oxygens (including phenoxy) is 1. The highest BCUT2D eigenvalue weighted by atomic mass is 32.2. The van der Waals surface area contributed by atoms with Crippen molar-refractivity contribution < 1.29 is 4.74 Å². The van der Waals surface area contributed by atoms with Crippen molar-refractivity contribution in [3.63, 3.8) is 0 Å². The maximum atomic E-state index is 11.1. The van der Waals surface area contributed by atoms with Crippen molar-refractivity contribution in [1.82, 2.24) is 9.97 Å². The van der Waals surface area contributed by atoms with Crippen LogP contribution in [0, 0.1) is 0 Å². The number of hydrogen-bond donors (Lipinski definition) is 2. The molecule has 0 aromatic carbocycles. The number of H-pyrrole nitrogens is 1. The summed E-state index contributed by atoms with van der Waals surface area (Å²) in [5.41, 5.74) is 5.28. The molecular weight excluding hydrogens is 226 g/mol. The summed E-state index contributed by atoms with van der Waals surface area (Å²) in [7, 11) is 0. The first-order valence-corrected chi connectivity index (χ1v) is 6.34. The Balaban J connectivity index is 1.90. The average molecular weight is 241 g/mol. The van der Waals surface area contributed by atoms with Gasteiger partial charge in [-0.25, -0.2) is 4.98 Å². The molecule has 1 unspecified atom stereocenters. The maximum absolute atomic E-state index is 11.1. The zero-order chi connectivity index (χ0) is 11.4. The van der Waals surface area contributed by atoms with Crippen LogP contribution in [0.2, 0.25) is 0 Å². The second kappa shape index (κ2) is 5.36. The fourth-order valence-electron chi connectivity index (χ4n) is 1.63. The van der Waals surface area contributed by atoms with Crippen molar-refractivity contribution >= 4 is 17.6 Å². The van der Waals surface area contributed by atoms with Gasteiger partial charge in [0.05, 0.1) is 6.10 Å². The van der Waals surface area contributed by atoms with E-state index in [1.807, 2.05) is 0 Å². The first-order chi connectivity index (χ1) is 7.74. The molecule has 0 amide bonds. The number of nitrogens with one attached hydrogen (secondary N) is 1. The van der Waals surface area contributed by atoms with Crippen molar-refractivity contribution in [2.45, 2.75) is 30.5 Å². The molecule has 0 spiro atoms. The van der Waals surface area contributed by atoms with Gasteiger partial charge in [0, 0.05) is 18.4 Å². The van der Waals surface area contributed by atoms with E-state index in [4.69, 9.17) is 10.5 Å². The van der Waals surface area contributed by atoms with E-state index in [1.54, 1.807) is 0 Å². The number of thioether (sulfide) groups is 1. The van der Waals surface area contributed by atoms with Gasteiger partial charge < -0.3 is 15.5 Å². The van der Waals surface area contributed by atoms with Crippen LogP contribution in [0.1, 0.15) is 19.3 Å². The minimum atomic E-state index is -0.209. The van der Waals surface area contributed by atoms with Crippen LogP contribution in [-0.4, -0.2) is 28.4 Å². The number of nitrogens with two attached hydrogens (primary N) is 1. The molecule has 0 radical (unpaired) electrons. The van der Waals surface area contributed by atoms with Crippen molar-refractivity contribution in [2.75, 3.05) is 18.1 Å². The summed E-state index contributed by atoms with van der Waals surface area (Å²) in [5.74, 6) is 1.07. The van der Waals surface area contributed by atoms with Gasteiger partial charge in [0.1, 0.15) is 5.82 Å². The third-order valence-corrected chi connectivity index (χ3v) is 3.42. The van der Waals surface area contributed by atoms with Gasteiger partial charge in [0.15, 0.2) is 5.16 Å². The third-order valence-electron chi connectivity index (χ3n) is 2.42. The second-order valence-corrected chi connectivity index (χ2v) is 4.78. The zero-order valence-corrected chi connectivity index (χ0v) is 9.76. The lowest BCUT2D eigenvalue weighted by molar-refractivity contribution is 0.0315. The Morgan fingerprint density at radius 3 is 3.19 bits per heavy atom. The summed E-state index contributed by atoms with van der Waals surface area (Å²) in [5, 5.41) is 0.569. The van der Waals surface area contributed by atoms with Gasteiger partial charge in [0.25, 0.3) is 5.56 Å². The largest absolute Gasteiger partial charge is 0.383 e. The molecule has 1 saturated heterocycles. The average Bonchev–Trinajstić information content (AvgIpc) is 2.27. The molecule has 1 aliphatic heterocycles. The number of aromatic nitrogens is 2. The molecule has 3 N–H and O–H groups in total. The molecule has 16 heavy (non-hydrogen) atoms. The van der Waals surface area contributed by atoms with Crippen LogP contribution in [0.25, 0.3) is 0 Å². The highest BCUT2D eigenvalue weighted by molar-refractivity contribution is 7.99. The van der Waals surface area contributed by atoms with E-state index in [9.17, 15) is 4.79 Å². The summed E-state index contributed by atoms with van der Waals surface area (Å²) >= 11 is 1.48. The van der Waals surface area contributed by atoms with E-state index in [0.717, 1.165) is 25.2 Å². The lowest BCUT2D eigenvalue weighted by atomic mass is 10.1. The quantitative estimate of drug-likeness (QED) is 0.610. The minimum absolute atomic E-state index is 0.209. The Hall–Kier alpha value is -1.01. The maximum Gasteiger partial charge on any atom is 0.253 e. The van der Waals surface area contributed by atoms with Gasteiger partial charge in [-0.15, -0.1) is 0 Å². The Bertz CT molecular complexity index is 401. The van der Waals surface area contributed by atoms with Crippen molar-refractivity contribution in [3.8, 4) is 0 Å². The normalized spacial score (nSPS) is 20.9. The lowest BCUT2D eigenvalue weighted by Crippen LogP contribution is -2.21. The van der Waals surface area contributed by atoms with E-state index in [1.165, 1.54) is 24.2 Å². The van der Waals surface area contributed by atoms with Crippen molar-refractivity contribution in [2.24, 2.45) is 0 Å². The molecule has 0 bridgehead atoms. The smallest absolute Gasteiger partial charge is 0.253 e. The van der Waals surface area contributed by atoms with E-state index in [-0.39, 0.29) is 17.5 Å². The van der Waals surface area contributed by atoms with E-state index in [0.29, 0.717) is 5.16 Å². The van der Waals surface area contributed by atoms with Crippen LogP contribution < -0.4 is 11.3 Å². The molecule has 88 valence electrons. The van der Waals surface area contributed by atoms with E-state index in [2.05, 4.69) is 9.97 Å². The van der Waals surface area contributed by atoms with Gasteiger partial charge in [-0.1, -0.05) is 11.8 Å². The molecular formula is C10H15N3O2S. The molecule has 1 aliphatic rings. The highest BCUT2D eigenvalue weighted by Crippen LogP contribution is 2.20. The van der Waals surface area contributed by atoms with Crippen LogP contribution in [0.5, 0.6) is 0 Å². The number of nitrogens with zero attached hydrogens (tertiary/aromatic N) is 1. The standard InChI is InChI=1S/C10H15N3O2S/c11-8-5-9(14)13-10(12-8)16-6-7-3-1-2-4-15-7/h5,7H,1-4,6H2,(H3,11,12,13,14). The van der Waals surface area contributed by atoms with Gasteiger partial charge in [-0.2, -0.15) is 0 Å². The summed E-state index contributed by atoms with van der Waals surface area (Å²) in [4.78, 5) is 17.8. The molecule has 6 heteroatoms. The predicted molar refractivity (Wildman–Crippen MR) is 63.6 cm³/mol. The molecule has 1 aromatic rings. The number of rotatable bonds is 3. The number of hydrogen-bond acceptors (Lipinski definition) is 5. The summed E-state index contributed by atoms with van der Waals surface area (Å²) in [6.07, 6.45) is 3.71. The Kier molecular flexibility index (Phi) is 3.84. The number of anilines is 1. The van der Waals surface area contributed by atoms with Gasteiger partial charge in [-0.05, 0) is 19.3 Å². The topological polar surface area (TPSA) is 81.0 Å². The zero-order valence-electron chi connectivity index (χ0n) is 8.94. The fourth-order valence-corrected chi connectivity index (χ4v) is 2.58. The second-order valence-electron chi connectivity index (χ2n) is 3.77. The van der Waals surface area contributed by atoms with Crippen LogP contribution >= 0.6 is 11.8 Å². The monoisotopic (exact) mass is 241 g/mol. The van der Waals surface area contributed by atoms with Gasteiger partial charge in [-0.3, -0.25) is 4.79 Å². The SMILES string of the molecule is Nc1cc(=O)[nH]c(SCC2CCCCO2)n1. The number of aromatic amines is 1. The molecule has 0 aliphatic carbocycles. The molecule has 2 rings (SSSR count). The van der Waals surface area contributed by atoms with Crippen LogP contribution in [0.4, 0.5) is 5.82 Å². The molecule has 2 heterocycles. The molecule has 1 aromatic heterocycles. The van der Waals surface area contributed by atoms with Gasteiger partial charge >= 0.3 is 0 Å². The highest BCUT2D eigenvalue weighted by Gasteiger charge is 2.14. The number of nitrogen functional groups attached to an aromatic ring is 1. The van der Waals surface area contributed by atoms with Crippen LogP contribution in [0.15, 0.2) is 16.0 Å². The minimum Gasteiger partial charge on any atom is -0.383 e. The Morgan fingerprint density at radius 1 is 1.62 bits per heavy atom. The first kappa shape index (κ1) is 11.5. The van der Waals surface area contributed by atoms with Crippen molar-refractivity contribution in [1.29, 1.82) is 0 Å². The van der Waals surface area contributed by atoms with E-state index < -0.39 is 0 Å². The lowest BCUT2D eigenvalue weighted by Gasteiger charge is -2.21.